The van der Waals surface area contributed by atoms with Crippen LogP contribution in [0.1, 0.15) is 36.2 Å². The van der Waals surface area contributed by atoms with Crippen LogP contribution < -0.4 is 4.90 Å². The predicted molar refractivity (Wildman–Crippen MR) is 131 cm³/mol. The van der Waals surface area contributed by atoms with Crippen molar-refractivity contribution in [3.8, 4) is 0 Å². The molecule has 1 N–H and O–H groups in total. The molecule has 0 fully saturated rings. The summed E-state index contributed by atoms with van der Waals surface area (Å²) in [6, 6.07) is 13.3. The van der Waals surface area contributed by atoms with Crippen LogP contribution in [0.3, 0.4) is 0 Å². The molecule has 2 aromatic carbocycles. The fourth-order valence-corrected chi connectivity index (χ4v) is 4.77. The van der Waals surface area contributed by atoms with E-state index >= 15 is 0 Å². The Morgan fingerprint density at radius 3 is 2.59 bits per heavy atom. The summed E-state index contributed by atoms with van der Waals surface area (Å²) in [4.78, 5) is 33.5. The Kier molecular flexibility index (Phi) is 6.88. The van der Waals surface area contributed by atoms with Crippen molar-refractivity contribution in [3.05, 3.63) is 59.4 Å². The molecule has 2 heterocycles. The zero-order valence-electron chi connectivity index (χ0n) is 20.2. The largest absolute Gasteiger partial charge is 0.481 e. The van der Waals surface area contributed by atoms with Crippen molar-refractivity contribution in [1.82, 2.24) is 14.5 Å². The summed E-state index contributed by atoms with van der Waals surface area (Å²) in [5.74, 6) is -0.826. The third-order valence-corrected chi connectivity index (χ3v) is 6.62. The molecule has 180 valence electrons. The van der Waals surface area contributed by atoms with E-state index in [2.05, 4.69) is 9.47 Å². The van der Waals surface area contributed by atoms with Gasteiger partial charge >= 0.3 is 12.1 Å². The van der Waals surface area contributed by atoms with Gasteiger partial charge in [0.1, 0.15) is 5.82 Å². The molecule has 8 nitrogen and oxygen atoms in total. The molecule has 2 atom stereocenters. The number of nitrogens with zero attached hydrogens (tertiary/aromatic N) is 4. The first-order chi connectivity index (χ1) is 16.3. The molecule has 1 aliphatic rings. The Bertz CT molecular complexity index is 1190. The fourth-order valence-electron chi connectivity index (χ4n) is 4.77. The van der Waals surface area contributed by atoms with E-state index in [1.807, 2.05) is 63.5 Å². The molecule has 1 amide bonds. The number of fused-ring (bicyclic) bond motifs is 3. The molecule has 0 radical (unpaired) electrons. The predicted octanol–water partition coefficient (Wildman–Crippen LogP) is 3.92. The number of hydrogen-bond donors (Lipinski definition) is 1. The molecule has 0 saturated heterocycles. The van der Waals surface area contributed by atoms with E-state index in [9.17, 15) is 14.7 Å². The lowest BCUT2D eigenvalue weighted by Gasteiger charge is -2.34. The molecular formula is C26H32N4O4. The lowest BCUT2D eigenvalue weighted by molar-refractivity contribution is -0.138. The second-order valence-corrected chi connectivity index (χ2v) is 9.15. The molecule has 1 aromatic heterocycles. The SMILES string of the molecule is COC(=O)N1c2ccc3c(nc(C[C@H](C(=O)O)c4ccccc4)n3CCN(C)C)c2CC[C@@H]1C. The minimum atomic E-state index is -0.870. The minimum absolute atomic E-state index is 0.0298. The third kappa shape index (κ3) is 4.50. The smallest absolute Gasteiger partial charge is 0.414 e. The van der Waals surface area contributed by atoms with Gasteiger partial charge in [-0.1, -0.05) is 30.3 Å². The number of carboxylic acids is 1. The van der Waals surface area contributed by atoms with Crippen LogP contribution in [0.5, 0.6) is 0 Å². The van der Waals surface area contributed by atoms with Crippen LogP contribution in [0.15, 0.2) is 42.5 Å². The summed E-state index contributed by atoms with van der Waals surface area (Å²) in [7, 11) is 5.42. The van der Waals surface area contributed by atoms with Gasteiger partial charge in [-0.2, -0.15) is 0 Å². The van der Waals surface area contributed by atoms with Gasteiger partial charge < -0.3 is 19.3 Å². The molecule has 0 spiro atoms. The number of hydrogen-bond acceptors (Lipinski definition) is 5. The maximum Gasteiger partial charge on any atom is 0.414 e. The maximum absolute atomic E-state index is 12.5. The number of rotatable bonds is 7. The van der Waals surface area contributed by atoms with E-state index in [1.165, 1.54) is 7.11 Å². The van der Waals surface area contributed by atoms with Gasteiger partial charge in [-0.15, -0.1) is 0 Å². The molecule has 34 heavy (non-hydrogen) atoms. The maximum atomic E-state index is 12.5. The molecular weight excluding hydrogens is 432 g/mol. The molecule has 1 aliphatic heterocycles. The first kappa shape index (κ1) is 23.8. The van der Waals surface area contributed by atoms with E-state index < -0.39 is 11.9 Å². The third-order valence-electron chi connectivity index (χ3n) is 6.62. The van der Waals surface area contributed by atoms with Crippen LogP contribution in [-0.2, 0) is 28.9 Å². The summed E-state index contributed by atoms with van der Waals surface area (Å²) >= 11 is 0. The highest BCUT2D eigenvalue weighted by atomic mass is 16.5. The van der Waals surface area contributed by atoms with Gasteiger partial charge in [-0.25, -0.2) is 9.78 Å². The van der Waals surface area contributed by atoms with Gasteiger partial charge in [0.25, 0.3) is 0 Å². The van der Waals surface area contributed by atoms with Gasteiger partial charge in [-0.05, 0) is 51.6 Å². The number of benzene rings is 2. The number of aryl methyl sites for hydroxylation is 1. The van der Waals surface area contributed by atoms with Crippen LogP contribution in [0.4, 0.5) is 10.5 Å². The Balaban J connectivity index is 1.83. The van der Waals surface area contributed by atoms with Gasteiger partial charge in [0.05, 0.1) is 29.7 Å². The number of methoxy groups -OCH3 is 1. The van der Waals surface area contributed by atoms with Crippen LogP contribution in [0.2, 0.25) is 0 Å². The minimum Gasteiger partial charge on any atom is -0.481 e. The second kappa shape index (κ2) is 9.85. The van der Waals surface area contributed by atoms with Gasteiger partial charge in [0.2, 0.25) is 0 Å². The van der Waals surface area contributed by atoms with Crippen molar-refractivity contribution < 1.29 is 19.4 Å². The van der Waals surface area contributed by atoms with E-state index in [0.29, 0.717) is 6.54 Å². The normalized spacial score (nSPS) is 16.5. The lowest BCUT2D eigenvalue weighted by atomic mass is 9.95. The zero-order chi connectivity index (χ0) is 24.4. The van der Waals surface area contributed by atoms with E-state index in [4.69, 9.17) is 9.72 Å². The Hall–Kier alpha value is -3.39. The number of likely N-dealkylation sites (N-methyl/N-ethyl adjacent to an activating group) is 1. The standard InChI is InChI=1S/C26H32N4O4/c1-17-10-11-19-21(30(17)26(33)34-4)12-13-22-24(19)27-23(29(22)15-14-28(2)3)16-20(25(31)32)18-8-6-5-7-9-18/h5-9,12-13,17,20H,10-11,14-16H2,1-4H3,(H,31,32)/t17-,20-/m0/s1. The first-order valence-electron chi connectivity index (χ1n) is 11.6. The summed E-state index contributed by atoms with van der Waals surface area (Å²) < 4.78 is 7.18. The van der Waals surface area contributed by atoms with E-state index in [1.54, 1.807) is 4.90 Å². The van der Waals surface area contributed by atoms with Crippen molar-refractivity contribution in [1.29, 1.82) is 0 Å². The zero-order valence-corrected chi connectivity index (χ0v) is 20.2. The molecule has 3 aromatic rings. The van der Waals surface area contributed by atoms with Crippen molar-refractivity contribution in [2.75, 3.05) is 32.6 Å². The van der Waals surface area contributed by atoms with Crippen LogP contribution in [0, 0.1) is 0 Å². The second-order valence-electron chi connectivity index (χ2n) is 9.15. The lowest BCUT2D eigenvalue weighted by Crippen LogP contribution is -2.42. The molecule has 8 heteroatoms. The summed E-state index contributed by atoms with van der Waals surface area (Å²) in [5, 5.41) is 10.0. The number of imidazole rings is 1. The number of carbonyl (C=O) groups is 2. The molecule has 0 aliphatic carbocycles. The molecule has 4 rings (SSSR count). The highest BCUT2D eigenvalue weighted by Crippen LogP contribution is 2.37. The van der Waals surface area contributed by atoms with Crippen molar-refractivity contribution >= 4 is 28.8 Å². The first-order valence-corrected chi connectivity index (χ1v) is 11.6. The number of amides is 1. The average Bonchev–Trinajstić information content (AvgIpc) is 3.18. The average molecular weight is 465 g/mol. The van der Waals surface area contributed by atoms with E-state index in [0.717, 1.165) is 53.1 Å². The quantitative estimate of drug-likeness (QED) is 0.570. The van der Waals surface area contributed by atoms with Gasteiger partial charge in [0, 0.05) is 31.1 Å². The number of carbonyl (C=O) groups excluding carboxylic acids is 1. The Morgan fingerprint density at radius 2 is 1.94 bits per heavy atom. The summed E-state index contributed by atoms with van der Waals surface area (Å²) in [5.41, 5.74) is 4.39. The number of aliphatic carboxylic acids is 1. The number of anilines is 1. The monoisotopic (exact) mass is 464 g/mol. The molecule has 0 saturated carbocycles. The summed E-state index contributed by atoms with van der Waals surface area (Å²) in [6.07, 6.45) is 1.51. The van der Waals surface area contributed by atoms with Gasteiger partial charge in [-0.3, -0.25) is 9.69 Å². The highest BCUT2D eigenvalue weighted by Gasteiger charge is 2.32. The van der Waals surface area contributed by atoms with Crippen LogP contribution in [-0.4, -0.2) is 65.4 Å². The van der Waals surface area contributed by atoms with Crippen LogP contribution >= 0.6 is 0 Å². The number of carboxylic acid groups (broad SMARTS) is 1. The molecule has 0 unspecified atom stereocenters. The number of ether oxygens (including phenoxy) is 1. The Morgan fingerprint density at radius 1 is 1.21 bits per heavy atom. The van der Waals surface area contributed by atoms with Crippen molar-refractivity contribution in [3.63, 3.8) is 0 Å². The van der Waals surface area contributed by atoms with Crippen molar-refractivity contribution in [2.24, 2.45) is 0 Å². The van der Waals surface area contributed by atoms with Gasteiger partial charge in [0.15, 0.2) is 0 Å². The van der Waals surface area contributed by atoms with E-state index in [-0.39, 0.29) is 18.6 Å². The fraction of sp³-hybridized carbons (Fsp3) is 0.423. The summed E-state index contributed by atoms with van der Waals surface area (Å²) in [6.45, 7) is 3.50. The number of aromatic nitrogens is 2. The Labute approximate surface area is 199 Å². The topological polar surface area (TPSA) is 87.9 Å². The molecule has 0 bridgehead atoms. The van der Waals surface area contributed by atoms with Crippen molar-refractivity contribution in [2.45, 2.75) is 44.7 Å². The highest BCUT2D eigenvalue weighted by molar-refractivity contribution is 5.95. The van der Waals surface area contributed by atoms with Crippen LogP contribution in [0.25, 0.3) is 11.0 Å².